The van der Waals surface area contributed by atoms with E-state index >= 15 is 0 Å². The number of rotatable bonds is 8. The van der Waals surface area contributed by atoms with Crippen molar-refractivity contribution < 1.29 is 9.53 Å². The van der Waals surface area contributed by atoms with E-state index < -0.39 is 0 Å². The second-order valence-electron chi connectivity index (χ2n) is 7.59. The zero-order valence-electron chi connectivity index (χ0n) is 17.7. The molecule has 0 unspecified atom stereocenters. The summed E-state index contributed by atoms with van der Waals surface area (Å²) < 4.78 is 5.70. The Kier molecular flexibility index (Phi) is 8.66. The number of benzene rings is 2. The Morgan fingerprint density at radius 2 is 1.70 bits per heavy atom. The first-order valence-electron chi connectivity index (χ1n) is 10.7. The van der Waals surface area contributed by atoms with Gasteiger partial charge in [-0.05, 0) is 48.5 Å². The Labute approximate surface area is 185 Å². The lowest BCUT2D eigenvalue weighted by Crippen LogP contribution is -2.52. The number of thiocarbonyl (C=S) groups is 1. The van der Waals surface area contributed by atoms with Crippen molar-refractivity contribution in [1.82, 2.24) is 15.1 Å². The molecule has 2 aromatic carbocycles. The van der Waals surface area contributed by atoms with E-state index in [9.17, 15) is 4.79 Å². The van der Waals surface area contributed by atoms with Crippen molar-refractivity contribution in [3.8, 4) is 5.75 Å². The van der Waals surface area contributed by atoms with Crippen LogP contribution in [0.15, 0.2) is 54.6 Å². The summed E-state index contributed by atoms with van der Waals surface area (Å²) in [5, 5.41) is 3.37. The van der Waals surface area contributed by atoms with E-state index in [0.717, 1.165) is 44.9 Å². The molecule has 0 bridgehead atoms. The topological polar surface area (TPSA) is 44.8 Å². The SMILES string of the molecule is CCCCCOc1ccc(C(=O)NC(=S)N2CCN(Cc3ccccc3)CC2)cc1. The molecule has 1 fully saturated rings. The molecule has 1 N–H and O–H groups in total. The van der Waals surface area contributed by atoms with Gasteiger partial charge in [-0.15, -0.1) is 0 Å². The number of carbonyl (C=O) groups excluding carboxylic acids is 1. The summed E-state index contributed by atoms with van der Waals surface area (Å²) in [6.07, 6.45) is 3.38. The fourth-order valence-electron chi connectivity index (χ4n) is 3.44. The molecule has 1 aliphatic rings. The number of nitrogens with one attached hydrogen (secondary N) is 1. The van der Waals surface area contributed by atoms with Gasteiger partial charge in [0.05, 0.1) is 6.61 Å². The van der Waals surface area contributed by atoms with Gasteiger partial charge in [0, 0.05) is 38.3 Å². The molecule has 0 aliphatic carbocycles. The van der Waals surface area contributed by atoms with Gasteiger partial charge in [-0.2, -0.15) is 0 Å². The van der Waals surface area contributed by atoms with Crippen molar-refractivity contribution >= 4 is 23.2 Å². The van der Waals surface area contributed by atoms with Crippen LogP contribution in [0.5, 0.6) is 5.75 Å². The number of ether oxygens (including phenoxy) is 1. The molecule has 0 atom stereocenters. The van der Waals surface area contributed by atoms with Crippen LogP contribution in [0.25, 0.3) is 0 Å². The lowest BCUT2D eigenvalue weighted by atomic mass is 10.2. The Hall–Kier alpha value is -2.44. The first kappa shape index (κ1) is 22.2. The number of carbonyl (C=O) groups is 1. The molecule has 30 heavy (non-hydrogen) atoms. The first-order chi connectivity index (χ1) is 14.7. The van der Waals surface area contributed by atoms with Gasteiger partial charge in [-0.25, -0.2) is 0 Å². The van der Waals surface area contributed by atoms with Crippen LogP contribution in [0.4, 0.5) is 0 Å². The fraction of sp³-hybridized carbons (Fsp3) is 0.417. The third kappa shape index (κ3) is 6.82. The van der Waals surface area contributed by atoms with Crippen LogP contribution in [0, 0.1) is 0 Å². The monoisotopic (exact) mass is 425 g/mol. The maximum Gasteiger partial charge on any atom is 0.257 e. The van der Waals surface area contributed by atoms with Gasteiger partial charge >= 0.3 is 0 Å². The smallest absolute Gasteiger partial charge is 0.257 e. The van der Waals surface area contributed by atoms with Crippen LogP contribution in [-0.2, 0) is 6.54 Å². The van der Waals surface area contributed by atoms with Gasteiger partial charge in [0.2, 0.25) is 0 Å². The van der Waals surface area contributed by atoms with Gasteiger partial charge in [0.1, 0.15) is 5.75 Å². The van der Waals surface area contributed by atoms with Crippen molar-refractivity contribution in [3.63, 3.8) is 0 Å². The highest BCUT2D eigenvalue weighted by atomic mass is 32.1. The third-order valence-electron chi connectivity index (χ3n) is 5.26. The fourth-order valence-corrected chi connectivity index (χ4v) is 3.72. The molecule has 3 rings (SSSR count). The first-order valence-corrected chi connectivity index (χ1v) is 11.2. The molecule has 160 valence electrons. The molecule has 0 spiro atoms. The second kappa shape index (κ2) is 11.7. The molecule has 0 saturated carbocycles. The van der Waals surface area contributed by atoms with Crippen LogP contribution in [-0.4, -0.2) is 53.6 Å². The van der Waals surface area contributed by atoms with E-state index in [1.54, 1.807) is 12.1 Å². The van der Waals surface area contributed by atoms with E-state index in [-0.39, 0.29) is 5.91 Å². The van der Waals surface area contributed by atoms with Crippen molar-refractivity contribution in [2.24, 2.45) is 0 Å². The molecule has 6 heteroatoms. The predicted octanol–water partition coefficient (Wildman–Crippen LogP) is 4.09. The van der Waals surface area contributed by atoms with E-state index in [1.165, 1.54) is 18.4 Å². The van der Waals surface area contributed by atoms with Crippen molar-refractivity contribution in [2.45, 2.75) is 32.7 Å². The number of amides is 1. The highest BCUT2D eigenvalue weighted by Gasteiger charge is 2.20. The minimum absolute atomic E-state index is 0.177. The molecule has 1 heterocycles. The molecular formula is C24H31N3O2S. The minimum atomic E-state index is -0.177. The highest BCUT2D eigenvalue weighted by Crippen LogP contribution is 2.13. The van der Waals surface area contributed by atoms with Crippen LogP contribution in [0.1, 0.15) is 42.1 Å². The van der Waals surface area contributed by atoms with E-state index in [0.29, 0.717) is 17.3 Å². The minimum Gasteiger partial charge on any atom is -0.494 e. The lowest BCUT2D eigenvalue weighted by Gasteiger charge is -2.36. The summed E-state index contributed by atoms with van der Waals surface area (Å²) in [6, 6.07) is 17.7. The van der Waals surface area contributed by atoms with E-state index in [1.807, 2.05) is 18.2 Å². The Morgan fingerprint density at radius 3 is 2.37 bits per heavy atom. The summed E-state index contributed by atoms with van der Waals surface area (Å²) in [6.45, 7) is 7.31. The summed E-state index contributed by atoms with van der Waals surface area (Å²) in [5.41, 5.74) is 1.90. The zero-order chi connectivity index (χ0) is 21.2. The lowest BCUT2D eigenvalue weighted by molar-refractivity contribution is 0.0969. The molecular weight excluding hydrogens is 394 g/mol. The molecule has 5 nitrogen and oxygen atoms in total. The average molecular weight is 426 g/mol. The van der Waals surface area contributed by atoms with E-state index in [4.69, 9.17) is 17.0 Å². The summed E-state index contributed by atoms with van der Waals surface area (Å²) in [7, 11) is 0. The van der Waals surface area contributed by atoms with Crippen molar-refractivity contribution in [2.75, 3.05) is 32.8 Å². The molecule has 0 aromatic heterocycles. The van der Waals surface area contributed by atoms with Crippen LogP contribution < -0.4 is 10.1 Å². The van der Waals surface area contributed by atoms with Gasteiger partial charge < -0.3 is 9.64 Å². The third-order valence-corrected chi connectivity index (χ3v) is 5.62. The van der Waals surface area contributed by atoms with Crippen molar-refractivity contribution in [3.05, 3.63) is 65.7 Å². The maximum absolute atomic E-state index is 12.5. The number of hydrogen-bond donors (Lipinski definition) is 1. The quantitative estimate of drug-likeness (QED) is 0.510. The molecule has 0 radical (unpaired) electrons. The van der Waals surface area contributed by atoms with Crippen LogP contribution in [0.2, 0.25) is 0 Å². The number of nitrogens with zero attached hydrogens (tertiary/aromatic N) is 2. The van der Waals surface area contributed by atoms with Crippen molar-refractivity contribution in [1.29, 1.82) is 0 Å². The normalized spacial score (nSPS) is 14.4. The number of hydrogen-bond acceptors (Lipinski definition) is 4. The van der Waals surface area contributed by atoms with Crippen LogP contribution in [0.3, 0.4) is 0 Å². The zero-order valence-corrected chi connectivity index (χ0v) is 18.5. The maximum atomic E-state index is 12.5. The van der Waals surface area contributed by atoms with Gasteiger partial charge in [-0.3, -0.25) is 15.0 Å². The molecule has 1 saturated heterocycles. The Morgan fingerprint density at radius 1 is 1.00 bits per heavy atom. The standard InChI is InChI=1S/C24H31N3O2S/c1-2-3-7-18-29-22-12-10-21(11-13-22)23(28)25-24(30)27-16-14-26(15-17-27)19-20-8-5-4-6-9-20/h4-6,8-13H,2-3,7,14-19H2,1H3,(H,25,28,30). The molecule has 2 aromatic rings. The second-order valence-corrected chi connectivity index (χ2v) is 7.97. The average Bonchev–Trinajstić information content (AvgIpc) is 2.78. The predicted molar refractivity (Wildman–Crippen MR) is 125 cm³/mol. The summed E-state index contributed by atoms with van der Waals surface area (Å²) >= 11 is 5.48. The molecule has 1 amide bonds. The highest BCUT2D eigenvalue weighted by molar-refractivity contribution is 7.80. The summed E-state index contributed by atoms with van der Waals surface area (Å²) in [5.74, 6) is 0.615. The van der Waals surface area contributed by atoms with Gasteiger partial charge in [0.25, 0.3) is 5.91 Å². The van der Waals surface area contributed by atoms with Gasteiger partial charge in [-0.1, -0.05) is 50.1 Å². The molecule has 1 aliphatic heterocycles. The largest absolute Gasteiger partial charge is 0.494 e. The number of unbranched alkanes of at least 4 members (excludes halogenated alkanes) is 2. The van der Waals surface area contributed by atoms with Gasteiger partial charge in [0.15, 0.2) is 5.11 Å². The summed E-state index contributed by atoms with van der Waals surface area (Å²) in [4.78, 5) is 17.0. The van der Waals surface area contributed by atoms with E-state index in [2.05, 4.69) is 46.3 Å². The number of piperazine rings is 1. The Bertz CT molecular complexity index is 803. The van der Waals surface area contributed by atoms with Crippen LogP contribution >= 0.6 is 12.2 Å². The Balaban J connectivity index is 1.41.